The lowest BCUT2D eigenvalue weighted by atomic mass is 10.1. The molecule has 0 atom stereocenters. The van der Waals surface area contributed by atoms with E-state index in [0.29, 0.717) is 39.6 Å². The van der Waals surface area contributed by atoms with E-state index in [4.69, 9.17) is 30.6 Å². The van der Waals surface area contributed by atoms with Gasteiger partial charge in [0, 0.05) is 39.6 Å². The van der Waals surface area contributed by atoms with Gasteiger partial charge < -0.3 is 30.6 Å². The van der Waals surface area contributed by atoms with E-state index in [1.807, 2.05) is 0 Å². The van der Waals surface area contributed by atoms with Crippen LogP contribution in [-0.4, -0.2) is 70.3 Å². The second-order valence-electron chi connectivity index (χ2n) is 10.9. The molecule has 0 amide bonds. The first-order valence-corrected chi connectivity index (χ1v) is 16.9. The molecule has 6 nitrogen and oxygen atoms in total. The Kier molecular flexibility index (Phi) is 52.7. The van der Waals surface area contributed by atoms with E-state index in [0.717, 1.165) is 51.4 Å². The lowest BCUT2D eigenvalue weighted by Crippen LogP contribution is -1.85. The molecule has 0 saturated carbocycles. The van der Waals surface area contributed by atoms with Crippen molar-refractivity contribution in [3.05, 3.63) is 0 Å². The first-order valence-electron chi connectivity index (χ1n) is 16.9. The van der Waals surface area contributed by atoms with Gasteiger partial charge in [0.2, 0.25) is 0 Å². The van der Waals surface area contributed by atoms with Crippen LogP contribution in [0.1, 0.15) is 173 Å². The molecule has 0 radical (unpaired) electrons. The molecule has 39 heavy (non-hydrogen) atoms. The highest BCUT2D eigenvalue weighted by Crippen LogP contribution is 2.11. The molecule has 0 aliphatic carbocycles. The van der Waals surface area contributed by atoms with Gasteiger partial charge in [-0.3, -0.25) is 0 Å². The van der Waals surface area contributed by atoms with Crippen LogP contribution in [-0.2, 0) is 0 Å². The fourth-order valence-corrected chi connectivity index (χ4v) is 4.38. The number of rotatable bonds is 30. The minimum absolute atomic E-state index is 0.338. The molecule has 0 bridgehead atoms. The number of aliphatic hydroxyl groups is 6. The van der Waals surface area contributed by atoms with Gasteiger partial charge in [0.15, 0.2) is 0 Å². The number of unbranched alkanes of at least 4 members (excludes halogenated alkanes) is 24. The topological polar surface area (TPSA) is 121 Å². The van der Waals surface area contributed by atoms with Gasteiger partial charge in [-0.05, 0) is 38.5 Å². The zero-order chi connectivity index (χ0) is 29.3. The van der Waals surface area contributed by atoms with Crippen molar-refractivity contribution in [1.82, 2.24) is 0 Å². The van der Waals surface area contributed by atoms with Gasteiger partial charge in [-0.2, -0.15) is 0 Å². The second kappa shape index (κ2) is 47.5. The molecule has 0 rings (SSSR count). The van der Waals surface area contributed by atoms with E-state index in [1.165, 1.54) is 122 Å². The first-order chi connectivity index (χ1) is 19.2. The van der Waals surface area contributed by atoms with Gasteiger partial charge in [0.1, 0.15) is 0 Å². The third kappa shape index (κ3) is 54.5. The highest BCUT2D eigenvalue weighted by molar-refractivity contribution is 4.48. The Balaban J connectivity index is -0.000000500. The van der Waals surface area contributed by atoms with E-state index < -0.39 is 0 Å². The average molecular weight is 565 g/mol. The zero-order valence-corrected chi connectivity index (χ0v) is 26.0. The van der Waals surface area contributed by atoms with Gasteiger partial charge in [-0.15, -0.1) is 0 Å². The van der Waals surface area contributed by atoms with Crippen molar-refractivity contribution in [3.8, 4) is 0 Å². The molecular formula is C33H72O6. The van der Waals surface area contributed by atoms with Crippen LogP contribution in [0.4, 0.5) is 0 Å². The summed E-state index contributed by atoms with van der Waals surface area (Å²) < 4.78 is 0. The smallest absolute Gasteiger partial charge is 0.0431 e. The highest BCUT2D eigenvalue weighted by atomic mass is 16.3. The summed E-state index contributed by atoms with van der Waals surface area (Å²) in [6.45, 7) is 2.06. The molecule has 0 spiro atoms. The molecule has 0 aliphatic rings. The summed E-state index contributed by atoms with van der Waals surface area (Å²) >= 11 is 0. The van der Waals surface area contributed by atoms with Gasteiger partial charge in [-0.1, -0.05) is 135 Å². The van der Waals surface area contributed by atoms with Gasteiger partial charge in [0.05, 0.1) is 0 Å². The SMILES string of the molecule is OCCCCCCCCCCCCO.OCCCCCCCCCCCO.OCCCCCCCCCCO. The Morgan fingerprint density at radius 2 is 0.205 bits per heavy atom. The van der Waals surface area contributed by atoms with Crippen LogP contribution in [0.25, 0.3) is 0 Å². The van der Waals surface area contributed by atoms with Crippen LogP contribution >= 0.6 is 0 Å². The van der Waals surface area contributed by atoms with Crippen LogP contribution in [0.3, 0.4) is 0 Å². The Hall–Kier alpha value is -0.240. The molecule has 240 valence electrons. The van der Waals surface area contributed by atoms with E-state index >= 15 is 0 Å². The Morgan fingerprint density at radius 1 is 0.128 bits per heavy atom. The zero-order valence-electron chi connectivity index (χ0n) is 26.0. The van der Waals surface area contributed by atoms with Crippen LogP contribution in [0, 0.1) is 0 Å². The maximum absolute atomic E-state index is 8.57. The van der Waals surface area contributed by atoms with E-state index in [9.17, 15) is 0 Å². The largest absolute Gasteiger partial charge is 0.396 e. The summed E-state index contributed by atoms with van der Waals surface area (Å²) in [7, 11) is 0. The molecule has 0 aromatic rings. The molecule has 0 aliphatic heterocycles. The fourth-order valence-electron chi connectivity index (χ4n) is 4.38. The molecule has 0 fully saturated rings. The monoisotopic (exact) mass is 565 g/mol. The summed E-state index contributed by atoms with van der Waals surface area (Å²) in [5.74, 6) is 0. The van der Waals surface area contributed by atoms with E-state index in [-0.39, 0.29) is 0 Å². The maximum Gasteiger partial charge on any atom is 0.0431 e. The quantitative estimate of drug-likeness (QED) is 0.0504. The van der Waals surface area contributed by atoms with Crippen molar-refractivity contribution in [1.29, 1.82) is 0 Å². The maximum atomic E-state index is 8.57. The summed E-state index contributed by atoms with van der Waals surface area (Å²) in [6.07, 6.45) is 32.2. The average Bonchev–Trinajstić information content (AvgIpc) is 2.95. The summed E-state index contributed by atoms with van der Waals surface area (Å²) in [5, 5.41) is 51.2. The van der Waals surface area contributed by atoms with Crippen LogP contribution in [0.15, 0.2) is 0 Å². The van der Waals surface area contributed by atoms with Crippen molar-refractivity contribution < 1.29 is 30.6 Å². The van der Waals surface area contributed by atoms with Crippen molar-refractivity contribution in [2.75, 3.05) is 39.6 Å². The molecule has 0 saturated heterocycles. The molecular weight excluding hydrogens is 492 g/mol. The Morgan fingerprint density at radius 3 is 0.282 bits per heavy atom. The molecule has 0 heterocycles. The molecule has 0 aromatic heterocycles. The second-order valence-corrected chi connectivity index (χ2v) is 10.9. The molecule has 6 heteroatoms. The van der Waals surface area contributed by atoms with Gasteiger partial charge in [-0.25, -0.2) is 0 Å². The minimum atomic E-state index is 0.338. The number of aliphatic hydroxyl groups excluding tert-OH is 6. The standard InChI is InChI=1S/C12H26O2.C11H24O2.C10H22O2/c13-11-9-7-5-3-1-2-4-6-8-10-12-14;12-10-8-6-4-2-1-3-5-7-9-11-13;11-9-7-5-3-1-2-4-6-8-10-12/h13-14H,1-12H2;12-13H,1-11H2;11-12H,1-10H2. The van der Waals surface area contributed by atoms with E-state index in [1.54, 1.807) is 0 Å². The summed E-state index contributed by atoms with van der Waals surface area (Å²) in [4.78, 5) is 0. The summed E-state index contributed by atoms with van der Waals surface area (Å²) in [6, 6.07) is 0. The third-order valence-electron chi connectivity index (χ3n) is 6.95. The van der Waals surface area contributed by atoms with E-state index in [2.05, 4.69) is 0 Å². The fraction of sp³-hybridized carbons (Fsp3) is 1.00. The van der Waals surface area contributed by atoms with Crippen LogP contribution < -0.4 is 0 Å². The first kappa shape index (κ1) is 43.2. The van der Waals surface area contributed by atoms with Crippen LogP contribution in [0.2, 0.25) is 0 Å². The van der Waals surface area contributed by atoms with Gasteiger partial charge in [0.25, 0.3) is 0 Å². The summed E-state index contributed by atoms with van der Waals surface area (Å²) in [5.41, 5.74) is 0. The Labute approximate surface area is 243 Å². The third-order valence-corrected chi connectivity index (χ3v) is 6.95. The lowest BCUT2D eigenvalue weighted by molar-refractivity contribution is 0.279. The minimum Gasteiger partial charge on any atom is -0.396 e. The number of hydrogen-bond donors (Lipinski definition) is 6. The van der Waals surface area contributed by atoms with Crippen molar-refractivity contribution >= 4 is 0 Å². The van der Waals surface area contributed by atoms with Crippen molar-refractivity contribution in [3.63, 3.8) is 0 Å². The predicted octanol–water partition coefficient (Wildman–Crippen LogP) is 7.45. The number of hydrogen-bond acceptors (Lipinski definition) is 6. The normalized spacial score (nSPS) is 10.6. The van der Waals surface area contributed by atoms with Crippen molar-refractivity contribution in [2.45, 2.75) is 173 Å². The van der Waals surface area contributed by atoms with Crippen LogP contribution in [0.5, 0.6) is 0 Å². The molecule has 0 aromatic carbocycles. The molecule has 0 unspecified atom stereocenters. The highest BCUT2D eigenvalue weighted by Gasteiger charge is 1.93. The Bertz CT molecular complexity index is 325. The van der Waals surface area contributed by atoms with Gasteiger partial charge >= 0.3 is 0 Å². The van der Waals surface area contributed by atoms with Crippen molar-refractivity contribution in [2.24, 2.45) is 0 Å². The predicted molar refractivity (Wildman–Crippen MR) is 167 cm³/mol. The lowest BCUT2D eigenvalue weighted by Gasteiger charge is -2.01. The molecule has 6 N–H and O–H groups in total.